The molecule has 2 aromatic heterocycles. The molecular weight excluding hydrogens is 531 g/mol. The fourth-order valence-corrected chi connectivity index (χ4v) is 4.84. The van der Waals surface area contributed by atoms with Crippen molar-refractivity contribution in [3.05, 3.63) is 81.1 Å². The van der Waals surface area contributed by atoms with Gasteiger partial charge in [-0.2, -0.15) is 4.98 Å². The number of nitrogens with one attached hydrogen (secondary N) is 4. The fourth-order valence-electron chi connectivity index (χ4n) is 4.60. The number of benzene rings is 2. The first kappa shape index (κ1) is 29.3. The zero-order valence-electron chi connectivity index (χ0n) is 22.7. The van der Waals surface area contributed by atoms with Crippen molar-refractivity contribution in [2.75, 3.05) is 6.54 Å². The average Bonchev–Trinajstić information content (AvgIpc) is 3.30. The van der Waals surface area contributed by atoms with Crippen LogP contribution in [0.3, 0.4) is 0 Å². The van der Waals surface area contributed by atoms with Gasteiger partial charge in [0.1, 0.15) is 5.65 Å². The van der Waals surface area contributed by atoms with Gasteiger partial charge < -0.3 is 27.1 Å². The number of nitrogens with two attached hydrogens (primary N) is 2. The first-order chi connectivity index (χ1) is 19.1. The van der Waals surface area contributed by atoms with Gasteiger partial charge in [0.2, 0.25) is 0 Å². The van der Waals surface area contributed by atoms with Crippen molar-refractivity contribution in [1.82, 2.24) is 25.2 Å². The van der Waals surface area contributed by atoms with E-state index >= 15 is 4.39 Å². The zero-order valence-corrected chi connectivity index (χ0v) is 23.5. The van der Waals surface area contributed by atoms with Gasteiger partial charge in [-0.15, -0.1) is 0 Å². The van der Waals surface area contributed by atoms with Crippen LogP contribution in [0.5, 0.6) is 0 Å². The van der Waals surface area contributed by atoms with Crippen LogP contribution < -0.4 is 27.8 Å². The van der Waals surface area contributed by atoms with Crippen molar-refractivity contribution < 1.29 is 4.39 Å². The lowest BCUT2D eigenvalue weighted by molar-refractivity contribution is 0.553. The molecule has 0 spiro atoms. The molecule has 0 saturated carbocycles. The van der Waals surface area contributed by atoms with E-state index in [1.54, 1.807) is 24.4 Å². The molecule has 2 atom stereocenters. The van der Waals surface area contributed by atoms with Gasteiger partial charge in [-0.1, -0.05) is 23.7 Å². The van der Waals surface area contributed by atoms with Gasteiger partial charge in [0.05, 0.1) is 16.4 Å². The average molecular weight is 567 g/mol. The predicted molar refractivity (Wildman–Crippen MR) is 160 cm³/mol. The minimum Gasteiger partial charge on any atom is -0.370 e. The SMILES string of the molecule is C[C@H](N)CCCc1cc(Cl)c(F)c(-c2cc3cn(-c4ccc(CNCC[C@@H](C)NC(=N)N)cc4)c(=O)nc3[nH]2)c1. The second-order valence-electron chi connectivity index (χ2n) is 10.3. The van der Waals surface area contributed by atoms with Gasteiger partial charge in [0, 0.05) is 35.8 Å². The van der Waals surface area contributed by atoms with Gasteiger partial charge in [0.15, 0.2) is 11.8 Å². The normalized spacial score (nSPS) is 12.9. The Labute approximate surface area is 237 Å². The number of rotatable bonds is 12. The molecule has 4 aromatic rings. The summed E-state index contributed by atoms with van der Waals surface area (Å²) in [4.78, 5) is 20.1. The van der Waals surface area contributed by atoms with Crippen LogP contribution in [-0.4, -0.2) is 39.1 Å². The summed E-state index contributed by atoms with van der Waals surface area (Å²) in [7, 11) is 0. The highest BCUT2D eigenvalue weighted by Gasteiger charge is 2.15. The molecule has 0 unspecified atom stereocenters. The summed E-state index contributed by atoms with van der Waals surface area (Å²) < 4.78 is 16.5. The largest absolute Gasteiger partial charge is 0.370 e. The van der Waals surface area contributed by atoms with Gasteiger partial charge in [-0.25, -0.2) is 9.18 Å². The van der Waals surface area contributed by atoms with E-state index < -0.39 is 11.5 Å². The minimum atomic E-state index is -0.520. The maximum atomic E-state index is 15.0. The molecule has 0 radical (unpaired) electrons. The van der Waals surface area contributed by atoms with E-state index in [0.717, 1.165) is 43.4 Å². The first-order valence-corrected chi connectivity index (χ1v) is 13.8. The van der Waals surface area contributed by atoms with Crippen molar-refractivity contribution >= 4 is 28.6 Å². The molecule has 0 amide bonds. The fraction of sp³-hybridized carbons (Fsp3) is 0.345. The van der Waals surface area contributed by atoms with Crippen molar-refractivity contribution in [2.45, 2.75) is 58.2 Å². The lowest BCUT2D eigenvalue weighted by Gasteiger charge is -2.14. The summed E-state index contributed by atoms with van der Waals surface area (Å²) in [6.45, 7) is 5.37. The topological polar surface area (TPSA) is 151 Å². The molecule has 0 bridgehead atoms. The number of aromatic nitrogens is 3. The van der Waals surface area contributed by atoms with Crippen LogP contribution >= 0.6 is 11.6 Å². The molecule has 0 fully saturated rings. The molecule has 9 nitrogen and oxygen atoms in total. The van der Waals surface area contributed by atoms with Crippen LogP contribution in [0.15, 0.2) is 53.5 Å². The maximum Gasteiger partial charge on any atom is 0.354 e. The molecule has 11 heteroatoms. The summed E-state index contributed by atoms with van der Waals surface area (Å²) in [5.74, 6) is -0.551. The maximum absolute atomic E-state index is 15.0. The predicted octanol–water partition coefficient (Wildman–Crippen LogP) is 4.19. The van der Waals surface area contributed by atoms with Gasteiger partial charge >= 0.3 is 5.69 Å². The molecule has 212 valence electrons. The van der Waals surface area contributed by atoms with Crippen LogP contribution in [0.4, 0.5) is 4.39 Å². The van der Waals surface area contributed by atoms with Crippen molar-refractivity contribution in [3.8, 4) is 16.9 Å². The Balaban J connectivity index is 1.49. The summed E-state index contributed by atoms with van der Waals surface area (Å²) in [5.41, 5.74) is 14.6. The first-order valence-electron chi connectivity index (χ1n) is 13.4. The Hall–Kier alpha value is -3.73. The van der Waals surface area contributed by atoms with E-state index in [0.29, 0.717) is 34.5 Å². The highest BCUT2D eigenvalue weighted by molar-refractivity contribution is 6.31. The Morgan fingerprint density at radius 3 is 2.62 bits per heavy atom. The number of nitrogens with zero attached hydrogens (tertiary/aromatic N) is 2. The molecule has 2 aromatic carbocycles. The highest BCUT2D eigenvalue weighted by Crippen LogP contribution is 2.31. The van der Waals surface area contributed by atoms with E-state index in [1.807, 2.05) is 38.1 Å². The minimum absolute atomic E-state index is 0.0311. The molecule has 2 heterocycles. The second-order valence-corrected chi connectivity index (χ2v) is 10.7. The van der Waals surface area contributed by atoms with Crippen LogP contribution in [0.2, 0.25) is 5.02 Å². The van der Waals surface area contributed by atoms with Crippen LogP contribution in [0, 0.1) is 11.2 Å². The summed E-state index contributed by atoms with van der Waals surface area (Å²) in [5, 5.41) is 14.2. The monoisotopic (exact) mass is 566 g/mol. The highest BCUT2D eigenvalue weighted by atomic mass is 35.5. The number of aromatic amines is 1. The quantitative estimate of drug-likeness (QED) is 0.0859. The molecule has 0 aliphatic carbocycles. The standard InChI is InChI=1S/C29H36ClFN8O/c1-17(32)4-3-5-20-12-23(26(31)24(30)13-20)25-14-21-16-39(29(40)38-27(21)37-25)22-8-6-19(7-9-22)15-35-11-10-18(2)36-28(33)34/h6-9,12-14,16-18,35H,3-5,10-11,15,32H2,1-2H3,(H4,33,34,36)(H,37,38,40)/t17-,18+/m0/s1. The van der Waals surface area contributed by atoms with Crippen molar-refractivity contribution in [2.24, 2.45) is 11.5 Å². The van der Waals surface area contributed by atoms with E-state index in [9.17, 15) is 4.79 Å². The zero-order chi connectivity index (χ0) is 28.8. The lowest BCUT2D eigenvalue weighted by Crippen LogP contribution is -2.38. The third kappa shape index (κ3) is 7.47. The van der Waals surface area contributed by atoms with Gasteiger partial charge in [0.25, 0.3) is 0 Å². The lowest BCUT2D eigenvalue weighted by atomic mass is 10.0. The summed E-state index contributed by atoms with van der Waals surface area (Å²) in [6, 6.07) is 13.1. The smallest absolute Gasteiger partial charge is 0.354 e. The van der Waals surface area contributed by atoms with Crippen molar-refractivity contribution in [3.63, 3.8) is 0 Å². The molecule has 40 heavy (non-hydrogen) atoms. The number of halogens is 2. The van der Waals surface area contributed by atoms with Crippen LogP contribution in [0.1, 0.15) is 44.2 Å². The third-order valence-corrected chi connectivity index (χ3v) is 6.99. The number of aryl methyl sites for hydroxylation is 1. The van der Waals surface area contributed by atoms with Crippen LogP contribution in [-0.2, 0) is 13.0 Å². The second kappa shape index (κ2) is 13.1. The van der Waals surface area contributed by atoms with E-state index in [-0.39, 0.29) is 23.1 Å². The number of hydrogen-bond acceptors (Lipinski definition) is 5. The Morgan fingerprint density at radius 1 is 1.18 bits per heavy atom. The number of H-pyrrole nitrogens is 1. The Bertz CT molecular complexity index is 1530. The van der Waals surface area contributed by atoms with Gasteiger partial charge in [-0.05, 0) is 87.5 Å². The van der Waals surface area contributed by atoms with E-state index in [2.05, 4.69) is 20.6 Å². The van der Waals surface area contributed by atoms with Crippen LogP contribution in [0.25, 0.3) is 28.0 Å². The number of guanidine groups is 1. The number of hydrogen-bond donors (Lipinski definition) is 6. The third-order valence-electron chi connectivity index (χ3n) is 6.71. The molecule has 8 N–H and O–H groups in total. The van der Waals surface area contributed by atoms with Gasteiger partial charge in [-0.3, -0.25) is 9.98 Å². The van der Waals surface area contributed by atoms with Crippen molar-refractivity contribution in [1.29, 1.82) is 5.41 Å². The molecule has 0 aliphatic heterocycles. The molecule has 0 aliphatic rings. The number of fused-ring (bicyclic) bond motifs is 1. The molecule has 4 rings (SSSR count). The summed E-state index contributed by atoms with van der Waals surface area (Å²) >= 11 is 6.22. The van der Waals surface area contributed by atoms with E-state index in [4.69, 9.17) is 28.5 Å². The Morgan fingerprint density at radius 2 is 1.93 bits per heavy atom. The molecule has 0 saturated heterocycles. The van der Waals surface area contributed by atoms with E-state index in [1.165, 1.54) is 4.57 Å². The molecular formula is C29H36ClFN8O. The Kier molecular flexibility index (Phi) is 9.57. The summed E-state index contributed by atoms with van der Waals surface area (Å²) in [6.07, 6.45) is 5.00.